The van der Waals surface area contributed by atoms with Gasteiger partial charge in [0.2, 0.25) is 5.91 Å². The Morgan fingerprint density at radius 3 is 2.26 bits per heavy atom. The molecule has 106 valence electrons. The SMILES string of the molecule is CC(C)(C)OCC(=O)NC(C)(CCl)c1ccccc1. The van der Waals surface area contributed by atoms with Crippen molar-refractivity contribution in [2.75, 3.05) is 12.5 Å². The second-order valence-electron chi connectivity index (χ2n) is 5.78. The Labute approximate surface area is 120 Å². The third-order valence-corrected chi connectivity index (χ3v) is 3.26. The number of amides is 1. The van der Waals surface area contributed by atoms with Crippen molar-refractivity contribution in [2.24, 2.45) is 0 Å². The molecule has 0 aliphatic heterocycles. The van der Waals surface area contributed by atoms with Crippen LogP contribution in [0, 0.1) is 0 Å². The minimum atomic E-state index is -0.582. The summed E-state index contributed by atoms with van der Waals surface area (Å²) in [4.78, 5) is 11.9. The topological polar surface area (TPSA) is 38.3 Å². The number of carbonyl (C=O) groups is 1. The van der Waals surface area contributed by atoms with E-state index in [2.05, 4.69) is 5.32 Å². The van der Waals surface area contributed by atoms with Gasteiger partial charge in [0.1, 0.15) is 6.61 Å². The first-order chi connectivity index (χ1) is 8.77. The number of alkyl halides is 1. The van der Waals surface area contributed by atoms with E-state index >= 15 is 0 Å². The van der Waals surface area contributed by atoms with E-state index in [0.29, 0.717) is 5.88 Å². The summed E-state index contributed by atoms with van der Waals surface area (Å²) in [5.74, 6) is 0.139. The molecule has 1 rings (SSSR count). The molecule has 0 fully saturated rings. The maximum Gasteiger partial charge on any atom is 0.246 e. The number of hydrogen-bond donors (Lipinski definition) is 1. The van der Waals surface area contributed by atoms with E-state index in [0.717, 1.165) is 5.56 Å². The van der Waals surface area contributed by atoms with Crippen LogP contribution >= 0.6 is 11.6 Å². The number of halogens is 1. The number of rotatable bonds is 5. The number of benzene rings is 1. The molecule has 0 aliphatic rings. The molecule has 3 nitrogen and oxygen atoms in total. The molecule has 0 aliphatic carbocycles. The van der Waals surface area contributed by atoms with Crippen LogP contribution in [0.1, 0.15) is 33.3 Å². The molecule has 1 N–H and O–H groups in total. The molecule has 0 saturated heterocycles. The molecule has 0 spiro atoms. The van der Waals surface area contributed by atoms with Gasteiger partial charge in [-0.05, 0) is 33.3 Å². The zero-order chi connectivity index (χ0) is 14.5. The Morgan fingerprint density at radius 2 is 1.79 bits per heavy atom. The van der Waals surface area contributed by atoms with Crippen molar-refractivity contribution in [1.82, 2.24) is 5.32 Å². The molecular formula is C15H22ClNO2. The minimum Gasteiger partial charge on any atom is -0.366 e. The van der Waals surface area contributed by atoms with Crippen LogP contribution in [0.5, 0.6) is 0 Å². The van der Waals surface area contributed by atoms with Crippen LogP contribution < -0.4 is 5.32 Å². The molecule has 0 bridgehead atoms. The average molecular weight is 284 g/mol. The fraction of sp³-hybridized carbons (Fsp3) is 0.533. The quantitative estimate of drug-likeness (QED) is 0.844. The average Bonchev–Trinajstić information content (AvgIpc) is 2.36. The second kappa shape index (κ2) is 6.40. The first-order valence-corrected chi connectivity index (χ1v) is 6.87. The number of carbonyl (C=O) groups excluding carboxylic acids is 1. The zero-order valence-corrected chi connectivity index (χ0v) is 12.8. The number of ether oxygens (including phenoxy) is 1. The number of hydrogen-bond acceptors (Lipinski definition) is 2. The lowest BCUT2D eigenvalue weighted by molar-refractivity contribution is -0.132. The summed E-state index contributed by atoms with van der Waals surface area (Å²) in [5, 5.41) is 2.94. The Hall–Kier alpha value is -1.06. The predicted octanol–water partition coefficient (Wildman–Crippen LogP) is 3.07. The van der Waals surface area contributed by atoms with Crippen LogP contribution in [0.4, 0.5) is 0 Å². The Balaban J connectivity index is 2.69. The van der Waals surface area contributed by atoms with E-state index in [4.69, 9.17) is 16.3 Å². The van der Waals surface area contributed by atoms with E-state index in [1.165, 1.54) is 0 Å². The van der Waals surface area contributed by atoms with Gasteiger partial charge in [0, 0.05) is 5.88 Å². The molecule has 0 saturated carbocycles. The van der Waals surface area contributed by atoms with Crippen LogP contribution in [0.25, 0.3) is 0 Å². The van der Waals surface area contributed by atoms with Crippen molar-refractivity contribution in [2.45, 2.75) is 38.8 Å². The van der Waals surface area contributed by atoms with Crippen LogP contribution in [0.15, 0.2) is 30.3 Å². The summed E-state index contributed by atoms with van der Waals surface area (Å²) in [5.41, 5.74) is 0.0666. The van der Waals surface area contributed by atoms with Gasteiger partial charge in [0.05, 0.1) is 11.1 Å². The lowest BCUT2D eigenvalue weighted by Crippen LogP contribution is -2.47. The van der Waals surface area contributed by atoms with Gasteiger partial charge < -0.3 is 10.1 Å². The molecule has 1 atom stereocenters. The van der Waals surface area contributed by atoms with Crippen molar-refractivity contribution in [3.8, 4) is 0 Å². The van der Waals surface area contributed by atoms with Crippen molar-refractivity contribution >= 4 is 17.5 Å². The monoisotopic (exact) mass is 283 g/mol. The fourth-order valence-electron chi connectivity index (χ4n) is 1.61. The largest absolute Gasteiger partial charge is 0.366 e. The van der Waals surface area contributed by atoms with E-state index < -0.39 is 5.54 Å². The normalized spacial score (nSPS) is 14.8. The molecule has 0 aromatic heterocycles. The summed E-state index contributed by atoms with van der Waals surface area (Å²) < 4.78 is 5.46. The highest BCUT2D eigenvalue weighted by Gasteiger charge is 2.28. The minimum absolute atomic E-state index is 0.0306. The molecule has 1 amide bonds. The van der Waals surface area contributed by atoms with Gasteiger partial charge in [-0.1, -0.05) is 30.3 Å². The van der Waals surface area contributed by atoms with Gasteiger partial charge in [0.15, 0.2) is 0 Å². The second-order valence-corrected chi connectivity index (χ2v) is 6.05. The van der Waals surface area contributed by atoms with E-state index in [1.807, 2.05) is 58.0 Å². The summed E-state index contributed by atoms with van der Waals surface area (Å²) in [6, 6.07) is 9.69. The van der Waals surface area contributed by atoms with Crippen LogP contribution in [0.2, 0.25) is 0 Å². The molecular weight excluding hydrogens is 262 g/mol. The summed E-state index contributed by atoms with van der Waals surface area (Å²) >= 11 is 6.02. The Morgan fingerprint density at radius 1 is 1.21 bits per heavy atom. The number of nitrogens with one attached hydrogen (secondary N) is 1. The van der Waals surface area contributed by atoms with Crippen molar-refractivity contribution in [1.29, 1.82) is 0 Å². The van der Waals surface area contributed by atoms with Gasteiger partial charge in [-0.25, -0.2) is 0 Å². The predicted molar refractivity (Wildman–Crippen MR) is 78.4 cm³/mol. The van der Waals surface area contributed by atoms with E-state index in [9.17, 15) is 4.79 Å². The van der Waals surface area contributed by atoms with Crippen molar-refractivity contribution < 1.29 is 9.53 Å². The van der Waals surface area contributed by atoms with Crippen LogP contribution in [0.3, 0.4) is 0 Å². The van der Waals surface area contributed by atoms with Crippen molar-refractivity contribution in [3.63, 3.8) is 0 Å². The van der Waals surface area contributed by atoms with E-state index in [1.54, 1.807) is 0 Å². The smallest absolute Gasteiger partial charge is 0.246 e. The maximum absolute atomic E-state index is 11.9. The van der Waals surface area contributed by atoms with Gasteiger partial charge in [0.25, 0.3) is 0 Å². The van der Waals surface area contributed by atoms with Gasteiger partial charge in [-0.3, -0.25) is 4.79 Å². The first-order valence-electron chi connectivity index (χ1n) is 6.33. The summed E-state index contributed by atoms with van der Waals surface area (Å²) in [6.07, 6.45) is 0. The Kier molecular flexibility index (Phi) is 5.39. The molecule has 4 heteroatoms. The molecule has 0 radical (unpaired) electrons. The van der Waals surface area contributed by atoms with Gasteiger partial charge in [-0.15, -0.1) is 11.6 Å². The molecule has 19 heavy (non-hydrogen) atoms. The fourth-order valence-corrected chi connectivity index (χ4v) is 1.84. The highest BCUT2D eigenvalue weighted by Crippen LogP contribution is 2.22. The first kappa shape index (κ1) is 16.0. The molecule has 1 aromatic carbocycles. The third kappa shape index (κ3) is 5.21. The summed E-state index contributed by atoms with van der Waals surface area (Å²) in [6.45, 7) is 7.68. The van der Waals surface area contributed by atoms with Crippen LogP contribution in [-0.4, -0.2) is 24.0 Å². The Bertz CT molecular complexity index is 414. The summed E-state index contributed by atoms with van der Waals surface area (Å²) in [7, 11) is 0. The highest BCUT2D eigenvalue weighted by molar-refractivity contribution is 6.18. The lowest BCUT2D eigenvalue weighted by Gasteiger charge is -2.30. The van der Waals surface area contributed by atoms with E-state index in [-0.39, 0.29) is 18.1 Å². The molecule has 1 unspecified atom stereocenters. The van der Waals surface area contributed by atoms with Gasteiger partial charge >= 0.3 is 0 Å². The van der Waals surface area contributed by atoms with Crippen LogP contribution in [-0.2, 0) is 15.1 Å². The molecule has 0 heterocycles. The maximum atomic E-state index is 11.9. The zero-order valence-electron chi connectivity index (χ0n) is 12.0. The van der Waals surface area contributed by atoms with Gasteiger partial charge in [-0.2, -0.15) is 0 Å². The van der Waals surface area contributed by atoms with Crippen molar-refractivity contribution in [3.05, 3.63) is 35.9 Å². The molecule has 1 aromatic rings. The highest BCUT2D eigenvalue weighted by atomic mass is 35.5. The third-order valence-electron chi connectivity index (χ3n) is 2.73. The standard InChI is InChI=1S/C15H22ClNO2/c1-14(2,3)19-10-13(18)17-15(4,11-16)12-8-6-5-7-9-12/h5-9H,10-11H2,1-4H3,(H,17,18). The lowest BCUT2D eigenvalue weighted by atomic mass is 9.94.